The van der Waals surface area contributed by atoms with Crippen LogP contribution in [0.15, 0.2) is 66.7 Å². The summed E-state index contributed by atoms with van der Waals surface area (Å²) in [5.41, 5.74) is 5.89. The fourth-order valence-electron chi connectivity index (χ4n) is 7.84. The van der Waals surface area contributed by atoms with Crippen molar-refractivity contribution in [3.8, 4) is 11.1 Å². The average Bonchev–Trinajstić information content (AvgIpc) is 3.66. The molecular weight excluding hydrogens is 704 g/mol. The monoisotopic (exact) mass is 750 g/mol. The van der Waals surface area contributed by atoms with E-state index in [1.54, 1.807) is 31.7 Å². The fourth-order valence-corrected chi connectivity index (χ4v) is 7.84. The number of carbonyl (C=O) groups excluding carboxylic acids is 6. The highest BCUT2D eigenvalue weighted by Crippen LogP contribution is 2.44. The van der Waals surface area contributed by atoms with Crippen molar-refractivity contribution in [2.45, 2.75) is 70.2 Å². The molecule has 288 valence electrons. The van der Waals surface area contributed by atoms with Crippen molar-refractivity contribution in [3.63, 3.8) is 0 Å². The summed E-state index contributed by atoms with van der Waals surface area (Å²) < 4.78 is 11.1. The molecule has 3 aromatic rings. The highest BCUT2D eigenvalue weighted by atomic mass is 16.6. The molecule has 1 unspecified atom stereocenters. The van der Waals surface area contributed by atoms with E-state index in [2.05, 4.69) is 33.0 Å². The Kier molecular flexibility index (Phi) is 10.5. The number of ether oxygens (including phenoxy) is 2. The van der Waals surface area contributed by atoms with Gasteiger partial charge in [-0.05, 0) is 79.6 Å². The van der Waals surface area contributed by atoms with Gasteiger partial charge in [-0.3, -0.25) is 24.5 Å². The van der Waals surface area contributed by atoms with Crippen LogP contribution >= 0.6 is 0 Å². The second kappa shape index (κ2) is 15.4. The molecule has 4 aliphatic rings. The molecule has 7 rings (SSSR count). The van der Waals surface area contributed by atoms with Crippen LogP contribution in [0.1, 0.15) is 73.0 Å². The third-order valence-corrected chi connectivity index (χ3v) is 10.5. The third-order valence-electron chi connectivity index (χ3n) is 10.5. The van der Waals surface area contributed by atoms with Crippen LogP contribution in [0.3, 0.4) is 0 Å². The van der Waals surface area contributed by atoms with Gasteiger partial charge in [0.1, 0.15) is 24.3 Å². The molecule has 14 nitrogen and oxygen atoms in total. The summed E-state index contributed by atoms with van der Waals surface area (Å²) in [6.07, 6.45) is -0.751. The minimum absolute atomic E-state index is 0.0820. The Morgan fingerprint density at radius 3 is 2.20 bits per heavy atom. The second-order valence-electron chi connectivity index (χ2n) is 15.3. The number of carbonyl (C=O) groups is 6. The lowest BCUT2D eigenvalue weighted by molar-refractivity contribution is -0.137. The Labute approximate surface area is 319 Å². The number of piperidine rings is 1. The molecule has 0 aromatic heterocycles. The number of anilines is 1. The minimum atomic E-state index is -0.971. The molecule has 2 fully saturated rings. The van der Waals surface area contributed by atoms with Crippen LogP contribution < -0.4 is 20.9 Å². The van der Waals surface area contributed by atoms with Gasteiger partial charge >= 0.3 is 12.2 Å². The van der Waals surface area contributed by atoms with Crippen molar-refractivity contribution < 1.29 is 38.2 Å². The van der Waals surface area contributed by atoms with Crippen molar-refractivity contribution in [1.82, 2.24) is 25.8 Å². The molecule has 55 heavy (non-hydrogen) atoms. The van der Waals surface area contributed by atoms with E-state index in [1.807, 2.05) is 48.5 Å². The lowest BCUT2D eigenvalue weighted by Gasteiger charge is -2.37. The van der Waals surface area contributed by atoms with Crippen molar-refractivity contribution >= 4 is 41.5 Å². The molecular formula is C41H46N6O8. The number of hydrogen-bond donors (Lipinski definition) is 3. The number of fused-ring (bicyclic) bond motifs is 4. The highest BCUT2D eigenvalue weighted by molar-refractivity contribution is 6.05. The minimum Gasteiger partial charge on any atom is -0.449 e. The van der Waals surface area contributed by atoms with Crippen LogP contribution in [0.2, 0.25) is 0 Å². The SMILES string of the molecule is CC(C)(C)OC(=O)NCC[C@H](NC(=O)OCC1c2ccccc2-c2ccccc21)C(=O)N1CCN(c2ccc3c(c2)CN(C2CCC(=O)NC2=O)C3=O)CC1. The Bertz CT molecular complexity index is 1970. The summed E-state index contributed by atoms with van der Waals surface area (Å²) in [4.78, 5) is 82.3. The van der Waals surface area contributed by atoms with Crippen molar-refractivity contribution in [1.29, 1.82) is 0 Å². The molecule has 0 bridgehead atoms. The number of nitrogens with one attached hydrogen (secondary N) is 3. The molecule has 3 aliphatic heterocycles. The maximum Gasteiger partial charge on any atom is 0.407 e. The van der Waals surface area contributed by atoms with Crippen LogP contribution in [0.5, 0.6) is 0 Å². The molecule has 0 saturated carbocycles. The number of imide groups is 1. The maximum absolute atomic E-state index is 14.0. The van der Waals surface area contributed by atoms with E-state index in [9.17, 15) is 28.8 Å². The molecule has 2 saturated heterocycles. The molecule has 3 heterocycles. The van der Waals surface area contributed by atoms with Gasteiger partial charge in [-0.1, -0.05) is 48.5 Å². The number of nitrogens with zero attached hydrogens (tertiary/aromatic N) is 3. The molecule has 6 amide bonds. The smallest absolute Gasteiger partial charge is 0.407 e. The highest BCUT2D eigenvalue weighted by Gasteiger charge is 2.39. The zero-order valence-electron chi connectivity index (χ0n) is 31.3. The fraction of sp³-hybridized carbons (Fsp3) is 0.415. The first kappa shape index (κ1) is 37.4. The number of benzene rings is 3. The van der Waals surface area contributed by atoms with E-state index in [0.717, 1.165) is 33.5 Å². The zero-order valence-corrected chi connectivity index (χ0v) is 31.3. The molecule has 0 radical (unpaired) electrons. The second-order valence-corrected chi connectivity index (χ2v) is 15.3. The standard InChI is InChI=1S/C41H46N6O8/c1-41(2,3)55-39(52)42-17-16-33(43-40(53)54-24-32-30-10-6-4-8-28(30)29-9-5-7-11-31(29)32)38(51)46-20-18-45(19-21-46)26-12-13-27-25(22-26)23-47(37(27)50)34-14-15-35(48)44-36(34)49/h4-13,22,32-34H,14-21,23-24H2,1-3H3,(H,42,52)(H,43,53)(H,44,48,49)/t33-,34?/m0/s1. The van der Waals surface area contributed by atoms with Gasteiger partial charge in [-0.25, -0.2) is 9.59 Å². The van der Waals surface area contributed by atoms with Gasteiger partial charge in [0.05, 0.1) is 0 Å². The number of alkyl carbamates (subject to hydrolysis) is 2. The number of piperazine rings is 1. The first-order chi connectivity index (χ1) is 26.4. The van der Waals surface area contributed by atoms with Gasteiger partial charge in [-0.2, -0.15) is 0 Å². The topological polar surface area (TPSA) is 167 Å². The van der Waals surface area contributed by atoms with Crippen molar-refractivity contribution in [2.24, 2.45) is 0 Å². The van der Waals surface area contributed by atoms with Crippen molar-refractivity contribution in [3.05, 3.63) is 89.0 Å². The molecule has 3 aromatic carbocycles. The van der Waals surface area contributed by atoms with E-state index < -0.39 is 35.8 Å². The van der Waals surface area contributed by atoms with Gasteiger partial charge in [-0.15, -0.1) is 0 Å². The van der Waals surface area contributed by atoms with E-state index in [0.29, 0.717) is 38.2 Å². The largest absolute Gasteiger partial charge is 0.449 e. The molecule has 2 atom stereocenters. The van der Waals surface area contributed by atoms with Crippen LogP contribution in [0.4, 0.5) is 15.3 Å². The zero-order chi connectivity index (χ0) is 38.9. The summed E-state index contributed by atoms with van der Waals surface area (Å²) in [5.74, 6) is -1.46. The van der Waals surface area contributed by atoms with Crippen LogP contribution in [-0.4, -0.2) is 103 Å². The van der Waals surface area contributed by atoms with Gasteiger partial charge in [0.25, 0.3) is 5.91 Å². The van der Waals surface area contributed by atoms with Gasteiger partial charge in [0, 0.05) is 62.9 Å². The van der Waals surface area contributed by atoms with Crippen LogP contribution in [0.25, 0.3) is 11.1 Å². The first-order valence-electron chi connectivity index (χ1n) is 18.8. The van der Waals surface area contributed by atoms with Gasteiger partial charge < -0.3 is 34.8 Å². The normalized spacial score (nSPS) is 18.6. The van der Waals surface area contributed by atoms with Gasteiger partial charge in [0.15, 0.2) is 0 Å². The van der Waals surface area contributed by atoms with Gasteiger partial charge in [0.2, 0.25) is 17.7 Å². The quantitative estimate of drug-likeness (QED) is 0.275. The Balaban J connectivity index is 0.978. The van der Waals surface area contributed by atoms with E-state index in [1.165, 1.54) is 4.90 Å². The average molecular weight is 751 g/mol. The van der Waals surface area contributed by atoms with Crippen LogP contribution in [0, 0.1) is 0 Å². The number of amides is 6. The molecule has 14 heteroatoms. The molecule has 0 spiro atoms. The van der Waals surface area contributed by atoms with Crippen molar-refractivity contribution in [2.75, 3.05) is 44.2 Å². The maximum atomic E-state index is 14.0. The molecule has 1 aliphatic carbocycles. The summed E-state index contributed by atoms with van der Waals surface area (Å²) in [6.45, 7) is 7.48. The Morgan fingerprint density at radius 1 is 0.873 bits per heavy atom. The Hall–Kier alpha value is -5.92. The lowest BCUT2D eigenvalue weighted by Crippen LogP contribution is -2.55. The van der Waals surface area contributed by atoms with Crippen LogP contribution in [-0.2, 0) is 30.4 Å². The number of rotatable bonds is 9. The predicted octanol–water partition coefficient (Wildman–Crippen LogP) is 3.92. The summed E-state index contributed by atoms with van der Waals surface area (Å²) in [6, 6.07) is 20.0. The molecule has 3 N–H and O–H groups in total. The third kappa shape index (κ3) is 8.13. The summed E-state index contributed by atoms with van der Waals surface area (Å²) in [7, 11) is 0. The number of hydrogen-bond acceptors (Lipinski definition) is 9. The van der Waals surface area contributed by atoms with E-state index in [4.69, 9.17) is 9.47 Å². The predicted molar refractivity (Wildman–Crippen MR) is 202 cm³/mol. The summed E-state index contributed by atoms with van der Waals surface area (Å²) >= 11 is 0. The first-order valence-corrected chi connectivity index (χ1v) is 18.8. The van der Waals surface area contributed by atoms with E-state index >= 15 is 0 Å². The summed E-state index contributed by atoms with van der Waals surface area (Å²) in [5, 5.41) is 7.79. The van der Waals surface area contributed by atoms with E-state index in [-0.39, 0.29) is 56.2 Å². The lowest BCUT2D eigenvalue weighted by atomic mass is 9.98. The Morgan fingerprint density at radius 2 is 1.55 bits per heavy atom.